The standard InChI is InChI=1S/C22H22O3/c1-2-25-22(17-11-7-4-8-12-17)21(24)18-13-14-20(23)19(15-18)16-9-5-3-6-10-16/h3-15,21-24H,2H2,1H3. The molecule has 0 aliphatic carbocycles. The van der Waals surface area contributed by atoms with Crippen LogP contribution in [0.3, 0.4) is 0 Å². The molecule has 3 heteroatoms. The molecule has 2 atom stereocenters. The predicted octanol–water partition coefficient (Wildman–Crippen LogP) is 4.87. The second kappa shape index (κ2) is 7.97. The summed E-state index contributed by atoms with van der Waals surface area (Å²) in [5.74, 6) is 0.190. The normalized spacial score (nSPS) is 13.4. The van der Waals surface area contributed by atoms with E-state index in [0.717, 1.165) is 11.1 Å². The Bertz CT molecular complexity index is 800. The van der Waals surface area contributed by atoms with Crippen molar-refractivity contribution in [2.45, 2.75) is 19.1 Å². The molecule has 3 aromatic carbocycles. The van der Waals surface area contributed by atoms with Crippen LogP contribution in [-0.4, -0.2) is 16.8 Å². The molecule has 0 aromatic heterocycles. The minimum Gasteiger partial charge on any atom is -0.507 e. The van der Waals surface area contributed by atoms with Gasteiger partial charge in [0.05, 0.1) is 0 Å². The molecule has 3 aromatic rings. The molecule has 0 fully saturated rings. The lowest BCUT2D eigenvalue weighted by Gasteiger charge is -2.24. The lowest BCUT2D eigenvalue weighted by atomic mass is 9.94. The van der Waals surface area contributed by atoms with Crippen molar-refractivity contribution in [1.82, 2.24) is 0 Å². The first-order valence-electron chi connectivity index (χ1n) is 8.43. The van der Waals surface area contributed by atoms with E-state index in [9.17, 15) is 10.2 Å². The summed E-state index contributed by atoms with van der Waals surface area (Å²) in [5.41, 5.74) is 3.23. The van der Waals surface area contributed by atoms with Gasteiger partial charge in [0.25, 0.3) is 0 Å². The zero-order chi connectivity index (χ0) is 17.6. The SMILES string of the molecule is CCOC(c1ccccc1)C(O)c1ccc(O)c(-c2ccccc2)c1. The fourth-order valence-electron chi connectivity index (χ4n) is 2.95. The van der Waals surface area contributed by atoms with Gasteiger partial charge in [-0.2, -0.15) is 0 Å². The summed E-state index contributed by atoms with van der Waals surface area (Å²) in [4.78, 5) is 0. The lowest BCUT2D eigenvalue weighted by molar-refractivity contribution is -0.0361. The van der Waals surface area contributed by atoms with E-state index >= 15 is 0 Å². The van der Waals surface area contributed by atoms with Crippen LogP contribution in [0.25, 0.3) is 11.1 Å². The van der Waals surface area contributed by atoms with Crippen molar-refractivity contribution in [2.75, 3.05) is 6.61 Å². The Morgan fingerprint density at radius 3 is 2.12 bits per heavy atom. The van der Waals surface area contributed by atoms with Crippen molar-refractivity contribution in [3.05, 3.63) is 90.0 Å². The van der Waals surface area contributed by atoms with E-state index < -0.39 is 12.2 Å². The van der Waals surface area contributed by atoms with Gasteiger partial charge in [0, 0.05) is 12.2 Å². The van der Waals surface area contributed by atoms with Gasteiger partial charge >= 0.3 is 0 Å². The molecule has 0 amide bonds. The fourth-order valence-corrected chi connectivity index (χ4v) is 2.95. The van der Waals surface area contributed by atoms with Crippen LogP contribution in [0.4, 0.5) is 0 Å². The number of aliphatic hydroxyl groups is 1. The average molecular weight is 334 g/mol. The van der Waals surface area contributed by atoms with E-state index in [0.29, 0.717) is 17.7 Å². The highest BCUT2D eigenvalue weighted by Gasteiger charge is 2.24. The van der Waals surface area contributed by atoms with Crippen molar-refractivity contribution in [1.29, 1.82) is 0 Å². The Labute approximate surface area is 148 Å². The Kier molecular flexibility index (Phi) is 5.49. The van der Waals surface area contributed by atoms with Gasteiger partial charge in [-0.05, 0) is 35.7 Å². The summed E-state index contributed by atoms with van der Waals surface area (Å²) in [6.07, 6.45) is -1.29. The number of ether oxygens (including phenoxy) is 1. The molecule has 3 rings (SSSR count). The molecule has 128 valence electrons. The molecular weight excluding hydrogens is 312 g/mol. The van der Waals surface area contributed by atoms with E-state index in [2.05, 4.69) is 0 Å². The van der Waals surface area contributed by atoms with Gasteiger partial charge in [-0.3, -0.25) is 0 Å². The molecule has 0 saturated heterocycles. The van der Waals surface area contributed by atoms with E-state index in [4.69, 9.17) is 4.74 Å². The predicted molar refractivity (Wildman–Crippen MR) is 99.3 cm³/mol. The van der Waals surface area contributed by atoms with E-state index in [1.54, 1.807) is 12.1 Å². The van der Waals surface area contributed by atoms with Crippen LogP contribution in [-0.2, 0) is 4.74 Å². The first-order valence-corrected chi connectivity index (χ1v) is 8.43. The van der Waals surface area contributed by atoms with Crippen molar-refractivity contribution in [2.24, 2.45) is 0 Å². The average Bonchev–Trinajstić information content (AvgIpc) is 2.67. The van der Waals surface area contributed by atoms with Crippen molar-refractivity contribution >= 4 is 0 Å². The third kappa shape index (κ3) is 3.90. The Morgan fingerprint density at radius 1 is 0.840 bits per heavy atom. The minimum atomic E-state index is -0.828. The summed E-state index contributed by atoms with van der Waals surface area (Å²) in [6, 6.07) is 24.5. The van der Waals surface area contributed by atoms with Crippen molar-refractivity contribution in [3.63, 3.8) is 0 Å². The quantitative estimate of drug-likeness (QED) is 0.676. The summed E-state index contributed by atoms with van der Waals surface area (Å²) in [7, 11) is 0. The second-order valence-electron chi connectivity index (χ2n) is 5.87. The lowest BCUT2D eigenvalue weighted by Crippen LogP contribution is -2.14. The largest absolute Gasteiger partial charge is 0.507 e. The molecule has 3 nitrogen and oxygen atoms in total. The van der Waals surface area contributed by atoms with Crippen LogP contribution in [0.15, 0.2) is 78.9 Å². The molecule has 0 aliphatic heterocycles. The third-order valence-corrected chi connectivity index (χ3v) is 4.21. The Hall–Kier alpha value is -2.62. The molecule has 2 N–H and O–H groups in total. The van der Waals surface area contributed by atoms with Crippen LogP contribution >= 0.6 is 0 Å². The number of benzene rings is 3. The molecule has 0 saturated carbocycles. The minimum absolute atomic E-state index is 0.190. The Morgan fingerprint density at radius 2 is 1.48 bits per heavy atom. The van der Waals surface area contributed by atoms with Crippen LogP contribution in [0.2, 0.25) is 0 Å². The zero-order valence-corrected chi connectivity index (χ0v) is 14.2. The number of aliphatic hydroxyl groups excluding tert-OH is 1. The van der Waals surface area contributed by atoms with Gasteiger partial charge in [-0.15, -0.1) is 0 Å². The maximum absolute atomic E-state index is 10.9. The monoisotopic (exact) mass is 334 g/mol. The molecule has 0 spiro atoms. The van der Waals surface area contributed by atoms with Crippen LogP contribution < -0.4 is 0 Å². The molecular formula is C22H22O3. The van der Waals surface area contributed by atoms with Crippen LogP contribution in [0, 0.1) is 0 Å². The van der Waals surface area contributed by atoms with Crippen molar-refractivity contribution < 1.29 is 14.9 Å². The van der Waals surface area contributed by atoms with E-state index in [1.807, 2.05) is 73.7 Å². The molecule has 0 bridgehead atoms. The van der Waals surface area contributed by atoms with Gasteiger partial charge in [0.15, 0.2) is 0 Å². The molecule has 0 radical (unpaired) electrons. The smallest absolute Gasteiger partial charge is 0.123 e. The van der Waals surface area contributed by atoms with Gasteiger partial charge in [0.2, 0.25) is 0 Å². The number of phenolic OH excluding ortho intramolecular Hbond substituents is 1. The van der Waals surface area contributed by atoms with E-state index in [-0.39, 0.29) is 5.75 Å². The first kappa shape index (κ1) is 17.2. The van der Waals surface area contributed by atoms with Gasteiger partial charge < -0.3 is 14.9 Å². The number of hydrogen-bond donors (Lipinski definition) is 2. The molecule has 0 aliphatic rings. The zero-order valence-electron chi connectivity index (χ0n) is 14.2. The third-order valence-electron chi connectivity index (χ3n) is 4.21. The summed E-state index contributed by atoms with van der Waals surface area (Å²) in [5, 5.41) is 21.1. The highest BCUT2D eigenvalue weighted by atomic mass is 16.5. The van der Waals surface area contributed by atoms with Gasteiger partial charge in [-0.25, -0.2) is 0 Å². The maximum atomic E-state index is 10.9. The molecule has 25 heavy (non-hydrogen) atoms. The number of hydrogen-bond acceptors (Lipinski definition) is 3. The molecule has 0 heterocycles. The fraction of sp³-hybridized carbons (Fsp3) is 0.182. The summed E-state index contributed by atoms with van der Waals surface area (Å²) < 4.78 is 5.81. The van der Waals surface area contributed by atoms with Gasteiger partial charge in [-0.1, -0.05) is 66.7 Å². The molecule has 2 unspecified atom stereocenters. The number of phenols is 1. The maximum Gasteiger partial charge on any atom is 0.123 e. The topological polar surface area (TPSA) is 49.7 Å². The Balaban J connectivity index is 1.97. The van der Waals surface area contributed by atoms with Crippen LogP contribution in [0.1, 0.15) is 30.3 Å². The van der Waals surface area contributed by atoms with E-state index in [1.165, 1.54) is 0 Å². The second-order valence-corrected chi connectivity index (χ2v) is 5.87. The van der Waals surface area contributed by atoms with Gasteiger partial charge in [0.1, 0.15) is 18.0 Å². The number of rotatable bonds is 6. The highest BCUT2D eigenvalue weighted by Crippen LogP contribution is 2.36. The summed E-state index contributed by atoms with van der Waals surface area (Å²) in [6.45, 7) is 2.41. The highest BCUT2D eigenvalue weighted by molar-refractivity contribution is 5.70. The van der Waals surface area contributed by atoms with Crippen LogP contribution in [0.5, 0.6) is 5.75 Å². The number of aromatic hydroxyl groups is 1. The summed E-state index contributed by atoms with van der Waals surface area (Å²) >= 11 is 0. The van der Waals surface area contributed by atoms with Crippen molar-refractivity contribution in [3.8, 4) is 16.9 Å². The first-order chi connectivity index (χ1) is 12.2.